The van der Waals surface area contributed by atoms with Crippen molar-refractivity contribution in [2.24, 2.45) is 11.3 Å². The molecule has 3 aliphatic rings. The monoisotopic (exact) mass is 1060 g/mol. The Labute approximate surface area is 467 Å². The number of nitrogens with zero attached hydrogens (tertiary/aromatic N) is 2. The van der Waals surface area contributed by atoms with E-state index in [9.17, 15) is 9.90 Å². The molecule has 77 heavy (non-hydrogen) atoms. The number of carbonyl (C=O) groups excluding carboxylic acids is 3. The zero-order valence-corrected chi connectivity index (χ0v) is 51.3. The van der Waals surface area contributed by atoms with Crippen LogP contribution < -0.4 is 0 Å². The Balaban J connectivity index is 1.18. The molecule has 2 heterocycles. The van der Waals surface area contributed by atoms with E-state index >= 15 is 9.59 Å². The molecule has 1 N–H and O–H groups in total. The van der Waals surface area contributed by atoms with Gasteiger partial charge in [-0.25, -0.2) is 4.79 Å². The Morgan fingerprint density at radius 3 is 1.48 bits per heavy atom. The SMILES string of the molecule is CCCCC[C@H]1CC[C@H](c2ccc(-c3ccc(C(=O)OCCCCCCC(Cc4cc(C(C)(C)C)c(O)c(C(C)(C)C)c4)(C(=O)OC4CC(C)(C)N(C)C(C)(C)C4)C(=O)OC4CC(C)(C)N(C)C(C)(C)C4)cc3)cc2)CC1. The molecule has 1 aliphatic carbocycles. The fourth-order valence-corrected chi connectivity index (χ4v) is 13.4. The molecule has 1 saturated carbocycles. The lowest BCUT2D eigenvalue weighted by molar-refractivity contribution is -0.188. The summed E-state index contributed by atoms with van der Waals surface area (Å²) in [5.41, 5.74) is 2.95. The maximum atomic E-state index is 15.6. The minimum Gasteiger partial charge on any atom is -0.507 e. The minimum absolute atomic E-state index is 0.0672. The Kier molecular flexibility index (Phi) is 19.9. The molecule has 2 aliphatic heterocycles. The molecule has 0 amide bonds. The van der Waals surface area contributed by atoms with Crippen LogP contribution in [-0.4, -0.2) is 87.9 Å². The van der Waals surface area contributed by atoms with Crippen LogP contribution in [-0.2, 0) is 41.1 Å². The molecule has 0 unspecified atom stereocenters. The van der Waals surface area contributed by atoms with Gasteiger partial charge in [0.1, 0.15) is 18.0 Å². The summed E-state index contributed by atoms with van der Waals surface area (Å²) in [5, 5.41) is 11.8. The molecule has 428 valence electrons. The summed E-state index contributed by atoms with van der Waals surface area (Å²) in [6.45, 7) is 32.5. The summed E-state index contributed by atoms with van der Waals surface area (Å²) < 4.78 is 19.3. The molecular weight excluding hydrogens is 957 g/mol. The molecule has 9 heteroatoms. The minimum atomic E-state index is -1.68. The zero-order chi connectivity index (χ0) is 56.9. The van der Waals surface area contributed by atoms with E-state index < -0.39 is 40.4 Å². The van der Waals surface area contributed by atoms with Crippen LogP contribution >= 0.6 is 0 Å². The third-order valence-electron chi connectivity index (χ3n) is 18.8. The van der Waals surface area contributed by atoms with Gasteiger partial charge in [-0.2, -0.15) is 0 Å². The van der Waals surface area contributed by atoms with Crippen molar-refractivity contribution in [3.8, 4) is 16.9 Å². The number of unbranched alkanes of at least 4 members (excludes halogenated alkanes) is 5. The fraction of sp³-hybridized carbons (Fsp3) is 0.691. The van der Waals surface area contributed by atoms with E-state index in [1.165, 1.54) is 56.9 Å². The van der Waals surface area contributed by atoms with E-state index in [2.05, 4.69) is 152 Å². The van der Waals surface area contributed by atoms with Gasteiger partial charge in [-0.15, -0.1) is 0 Å². The lowest BCUT2D eigenvalue weighted by Gasteiger charge is -2.53. The van der Waals surface area contributed by atoms with Crippen LogP contribution in [0, 0.1) is 11.3 Å². The van der Waals surface area contributed by atoms with Gasteiger partial charge in [0.25, 0.3) is 0 Å². The van der Waals surface area contributed by atoms with Crippen LogP contribution in [0.1, 0.15) is 252 Å². The summed E-state index contributed by atoms with van der Waals surface area (Å²) in [6, 6.07) is 20.7. The number of piperidine rings is 2. The highest BCUT2D eigenvalue weighted by atomic mass is 16.6. The number of rotatable bonds is 20. The highest BCUT2D eigenvalue weighted by Gasteiger charge is 2.54. The van der Waals surface area contributed by atoms with E-state index in [-0.39, 0.29) is 53.3 Å². The Bertz CT molecular complexity index is 2320. The number of esters is 3. The van der Waals surface area contributed by atoms with Crippen molar-refractivity contribution >= 4 is 17.9 Å². The molecular formula is C68H104N2O7. The van der Waals surface area contributed by atoms with Crippen molar-refractivity contribution in [1.82, 2.24) is 9.80 Å². The number of likely N-dealkylation sites (tertiary alicyclic amines) is 2. The second-order valence-electron chi connectivity index (χ2n) is 28.8. The number of ether oxygens (including phenoxy) is 3. The first-order valence-corrected chi connectivity index (χ1v) is 29.9. The second kappa shape index (κ2) is 24.7. The standard InChI is InChI=1S/C68H104N2O7/c1-18-19-22-25-47-26-28-49(29-27-47)50-30-32-51(33-31-50)52-34-36-53(37-35-52)59(72)75-39-24-21-20-23-38-68(60(73)76-54-43-64(8,9)69(16)65(10,11)44-54,61(74)77-55-45-66(12,13)70(17)67(14,15)46-55)42-48-40-56(62(2,3)4)58(71)57(41-48)63(5,6)7/h30-37,40-41,47,49,54-55,71H,18-29,38-39,42-46H2,1-17H3/t47-,49-. The van der Waals surface area contributed by atoms with Crippen molar-refractivity contribution in [2.45, 2.75) is 271 Å². The lowest BCUT2D eigenvalue weighted by atomic mass is 9.73. The predicted octanol–water partition coefficient (Wildman–Crippen LogP) is 16.2. The van der Waals surface area contributed by atoms with Crippen LogP contribution in [0.15, 0.2) is 60.7 Å². The summed E-state index contributed by atoms with van der Waals surface area (Å²) in [4.78, 5) is 49.3. The molecule has 0 atom stereocenters. The molecule has 3 aromatic rings. The van der Waals surface area contributed by atoms with Gasteiger partial charge in [0.15, 0.2) is 5.41 Å². The number of hydrogen-bond donors (Lipinski definition) is 1. The van der Waals surface area contributed by atoms with Gasteiger partial charge >= 0.3 is 17.9 Å². The van der Waals surface area contributed by atoms with Gasteiger partial charge in [-0.1, -0.05) is 142 Å². The third kappa shape index (κ3) is 15.4. The van der Waals surface area contributed by atoms with Crippen molar-refractivity contribution < 1.29 is 33.7 Å². The topological polar surface area (TPSA) is 106 Å². The van der Waals surface area contributed by atoms with Crippen LogP contribution in [0.25, 0.3) is 11.1 Å². The van der Waals surface area contributed by atoms with Gasteiger partial charge in [0.2, 0.25) is 0 Å². The van der Waals surface area contributed by atoms with E-state index in [1.54, 1.807) is 0 Å². The summed E-state index contributed by atoms with van der Waals surface area (Å²) >= 11 is 0. The molecule has 6 rings (SSSR count). The number of aromatic hydroxyl groups is 1. The van der Waals surface area contributed by atoms with E-state index in [0.29, 0.717) is 56.4 Å². The van der Waals surface area contributed by atoms with Crippen LogP contribution in [0.2, 0.25) is 0 Å². The summed E-state index contributed by atoms with van der Waals surface area (Å²) in [5.74, 6) is 0.364. The van der Waals surface area contributed by atoms with Crippen LogP contribution in [0.4, 0.5) is 0 Å². The predicted molar refractivity (Wildman–Crippen MR) is 316 cm³/mol. The van der Waals surface area contributed by atoms with Crippen LogP contribution in [0.5, 0.6) is 5.75 Å². The highest BCUT2D eigenvalue weighted by molar-refractivity contribution is 6.00. The summed E-state index contributed by atoms with van der Waals surface area (Å²) in [6.07, 6.45) is 15.3. The summed E-state index contributed by atoms with van der Waals surface area (Å²) in [7, 11) is 4.26. The molecule has 0 bridgehead atoms. The lowest BCUT2D eigenvalue weighted by Crippen LogP contribution is -2.61. The van der Waals surface area contributed by atoms with Crippen molar-refractivity contribution in [1.29, 1.82) is 0 Å². The highest BCUT2D eigenvalue weighted by Crippen LogP contribution is 2.46. The molecule has 3 fully saturated rings. The van der Waals surface area contributed by atoms with Crippen molar-refractivity contribution in [3.63, 3.8) is 0 Å². The molecule has 2 saturated heterocycles. The smallest absolute Gasteiger partial charge is 0.338 e. The second-order valence-corrected chi connectivity index (χ2v) is 28.8. The Hall–Kier alpha value is -4.21. The first kappa shape index (κ1) is 62.0. The first-order chi connectivity index (χ1) is 35.8. The average Bonchev–Trinajstić information content (AvgIpc) is 3.34. The third-order valence-corrected chi connectivity index (χ3v) is 18.8. The average molecular weight is 1060 g/mol. The molecule has 9 nitrogen and oxygen atoms in total. The van der Waals surface area contributed by atoms with Gasteiger partial charge in [0.05, 0.1) is 12.2 Å². The molecule has 3 aromatic carbocycles. The van der Waals surface area contributed by atoms with Crippen LogP contribution in [0.3, 0.4) is 0 Å². The van der Waals surface area contributed by atoms with E-state index in [0.717, 1.165) is 40.2 Å². The normalized spacial score (nSPS) is 21.4. The van der Waals surface area contributed by atoms with Gasteiger partial charge in [0, 0.05) is 47.8 Å². The Morgan fingerprint density at radius 2 is 1.04 bits per heavy atom. The van der Waals surface area contributed by atoms with Gasteiger partial charge in [-0.05, 0) is 183 Å². The molecule has 0 spiro atoms. The van der Waals surface area contributed by atoms with E-state index in [4.69, 9.17) is 14.2 Å². The van der Waals surface area contributed by atoms with Crippen molar-refractivity contribution in [2.75, 3.05) is 20.7 Å². The van der Waals surface area contributed by atoms with Gasteiger partial charge in [-0.3, -0.25) is 19.4 Å². The van der Waals surface area contributed by atoms with Gasteiger partial charge < -0.3 is 19.3 Å². The molecule has 0 aromatic heterocycles. The largest absolute Gasteiger partial charge is 0.507 e. The Morgan fingerprint density at radius 1 is 0.597 bits per heavy atom. The number of hydrogen-bond acceptors (Lipinski definition) is 9. The van der Waals surface area contributed by atoms with E-state index in [1.807, 2.05) is 36.4 Å². The number of phenolic OH excluding ortho intramolecular Hbond substituents is 1. The number of carbonyl (C=O) groups is 3. The first-order valence-electron chi connectivity index (χ1n) is 29.9. The maximum Gasteiger partial charge on any atom is 0.338 e. The molecule has 0 radical (unpaired) electrons. The van der Waals surface area contributed by atoms with Crippen molar-refractivity contribution in [3.05, 3.63) is 88.5 Å². The zero-order valence-electron chi connectivity index (χ0n) is 51.3. The number of benzene rings is 3. The fourth-order valence-electron chi connectivity index (χ4n) is 13.4. The maximum absolute atomic E-state index is 15.6. The number of phenols is 1. The quantitative estimate of drug-likeness (QED) is 0.0512.